The first-order valence-electron chi connectivity index (χ1n) is 11.0. The van der Waals surface area contributed by atoms with Gasteiger partial charge in [-0.3, -0.25) is 4.79 Å². The largest absolute Gasteiger partial charge is 0.454 e. The number of H-pyrrole nitrogens is 1. The molecule has 1 aliphatic heterocycles. The van der Waals surface area contributed by atoms with E-state index in [0.29, 0.717) is 36.9 Å². The van der Waals surface area contributed by atoms with Crippen LogP contribution in [0.15, 0.2) is 41.2 Å². The van der Waals surface area contributed by atoms with E-state index in [9.17, 15) is 4.79 Å². The predicted molar refractivity (Wildman–Crippen MR) is 133 cm³/mol. The van der Waals surface area contributed by atoms with Gasteiger partial charge in [-0.2, -0.15) is 0 Å². The van der Waals surface area contributed by atoms with Crippen molar-refractivity contribution in [3.63, 3.8) is 0 Å². The molecular formula is C25H29N3O4S. The number of thiocarbonyl (C=S) groups is 1. The number of aromatic amines is 1. The van der Waals surface area contributed by atoms with Crippen LogP contribution in [0.3, 0.4) is 0 Å². The van der Waals surface area contributed by atoms with Crippen LogP contribution in [0.1, 0.15) is 28.7 Å². The van der Waals surface area contributed by atoms with Gasteiger partial charge in [-0.05, 0) is 67.4 Å². The molecule has 0 atom stereocenters. The van der Waals surface area contributed by atoms with Crippen molar-refractivity contribution in [2.24, 2.45) is 0 Å². The standard InChI is InChI=1S/C25H29N3O4S/c1-16-5-6-17(2)23-20(16)12-19(24(29)27-23)14-28(25(33)26-9-4-10-30-3)13-18-7-8-21-22(11-18)32-15-31-21/h5-8,11-12H,4,9-10,13-15H2,1-3H3,(H,26,33)(H,27,29). The molecule has 1 aliphatic rings. The Kier molecular flexibility index (Phi) is 7.15. The molecule has 0 radical (unpaired) electrons. The quantitative estimate of drug-likeness (QED) is 0.386. The lowest BCUT2D eigenvalue weighted by Gasteiger charge is -2.26. The first-order chi connectivity index (χ1) is 16.0. The van der Waals surface area contributed by atoms with Gasteiger partial charge in [0.05, 0.1) is 12.1 Å². The Bertz CT molecular complexity index is 1220. The number of benzene rings is 2. The zero-order valence-corrected chi connectivity index (χ0v) is 20.0. The van der Waals surface area contributed by atoms with Crippen molar-refractivity contribution in [2.75, 3.05) is 27.1 Å². The van der Waals surface area contributed by atoms with Gasteiger partial charge in [-0.15, -0.1) is 0 Å². The van der Waals surface area contributed by atoms with Crippen LogP contribution in [0, 0.1) is 13.8 Å². The molecule has 0 saturated heterocycles. The molecule has 0 saturated carbocycles. The van der Waals surface area contributed by atoms with E-state index < -0.39 is 0 Å². The molecule has 0 aliphatic carbocycles. The first-order valence-corrected chi connectivity index (χ1v) is 11.4. The zero-order valence-electron chi connectivity index (χ0n) is 19.2. The number of nitrogens with one attached hydrogen (secondary N) is 2. The monoisotopic (exact) mass is 467 g/mol. The van der Waals surface area contributed by atoms with Crippen LogP contribution in [0.5, 0.6) is 11.5 Å². The number of fused-ring (bicyclic) bond motifs is 2. The summed E-state index contributed by atoms with van der Waals surface area (Å²) in [5.41, 5.74) is 4.63. The lowest BCUT2D eigenvalue weighted by molar-refractivity contribution is 0.174. The van der Waals surface area contributed by atoms with Crippen molar-refractivity contribution < 1.29 is 14.2 Å². The number of hydrogen-bond donors (Lipinski definition) is 2. The van der Waals surface area contributed by atoms with E-state index in [4.69, 9.17) is 26.4 Å². The predicted octanol–water partition coefficient (Wildman–Crippen LogP) is 3.79. The van der Waals surface area contributed by atoms with Crippen molar-refractivity contribution in [3.05, 3.63) is 69.0 Å². The molecule has 1 aromatic heterocycles. The fourth-order valence-corrected chi connectivity index (χ4v) is 4.16. The van der Waals surface area contributed by atoms with E-state index in [0.717, 1.165) is 45.5 Å². The third-order valence-electron chi connectivity index (χ3n) is 5.78. The Balaban J connectivity index is 1.61. The summed E-state index contributed by atoms with van der Waals surface area (Å²) < 4.78 is 16.1. The van der Waals surface area contributed by atoms with Gasteiger partial charge in [0.1, 0.15) is 0 Å². The first kappa shape index (κ1) is 23.1. The number of aromatic nitrogens is 1. The third-order valence-corrected chi connectivity index (χ3v) is 6.18. The van der Waals surface area contributed by atoms with Gasteiger partial charge in [-0.1, -0.05) is 18.2 Å². The highest BCUT2D eigenvalue weighted by Crippen LogP contribution is 2.33. The molecule has 8 heteroatoms. The van der Waals surface area contributed by atoms with E-state index in [1.54, 1.807) is 7.11 Å². The van der Waals surface area contributed by atoms with Gasteiger partial charge in [0.2, 0.25) is 6.79 Å². The summed E-state index contributed by atoms with van der Waals surface area (Å²) in [5.74, 6) is 1.46. The van der Waals surface area contributed by atoms with Gasteiger partial charge < -0.3 is 29.4 Å². The summed E-state index contributed by atoms with van der Waals surface area (Å²) in [6.07, 6.45) is 0.837. The maximum absolute atomic E-state index is 13.0. The summed E-state index contributed by atoms with van der Waals surface area (Å²) >= 11 is 5.71. The number of rotatable bonds is 8. The Labute approximate surface area is 198 Å². The van der Waals surface area contributed by atoms with Crippen molar-refractivity contribution >= 4 is 28.2 Å². The minimum Gasteiger partial charge on any atom is -0.454 e. The topological polar surface area (TPSA) is 75.8 Å². The summed E-state index contributed by atoms with van der Waals surface area (Å²) in [6, 6.07) is 11.9. The molecule has 7 nitrogen and oxygen atoms in total. The van der Waals surface area contributed by atoms with Gasteiger partial charge in [0.25, 0.3) is 5.56 Å². The second-order valence-corrected chi connectivity index (χ2v) is 8.62. The lowest BCUT2D eigenvalue weighted by atomic mass is 10.0. The summed E-state index contributed by atoms with van der Waals surface area (Å²) in [5, 5.41) is 4.93. The highest BCUT2D eigenvalue weighted by Gasteiger charge is 2.18. The second kappa shape index (κ2) is 10.2. The number of hydrogen-bond acceptors (Lipinski definition) is 5. The molecule has 0 amide bonds. The Morgan fingerprint density at radius 3 is 2.73 bits per heavy atom. The number of aryl methyl sites for hydroxylation is 2. The molecule has 0 fully saturated rings. The summed E-state index contributed by atoms with van der Waals surface area (Å²) in [4.78, 5) is 18.0. The van der Waals surface area contributed by atoms with Gasteiger partial charge in [0.15, 0.2) is 16.6 Å². The summed E-state index contributed by atoms with van der Waals surface area (Å²) in [6.45, 7) is 6.53. The van der Waals surface area contributed by atoms with Crippen molar-refractivity contribution in [1.29, 1.82) is 0 Å². The molecular weight excluding hydrogens is 438 g/mol. The summed E-state index contributed by atoms with van der Waals surface area (Å²) in [7, 11) is 1.68. The van der Waals surface area contributed by atoms with Crippen molar-refractivity contribution in [2.45, 2.75) is 33.4 Å². The van der Waals surface area contributed by atoms with E-state index in [1.807, 2.05) is 42.2 Å². The van der Waals surface area contributed by atoms with Crippen LogP contribution in [0.25, 0.3) is 10.9 Å². The number of methoxy groups -OCH3 is 1. The third kappa shape index (κ3) is 5.29. The Morgan fingerprint density at radius 2 is 1.91 bits per heavy atom. The highest BCUT2D eigenvalue weighted by molar-refractivity contribution is 7.80. The van der Waals surface area contributed by atoms with Crippen molar-refractivity contribution in [1.82, 2.24) is 15.2 Å². The zero-order chi connectivity index (χ0) is 23.4. The normalized spacial score (nSPS) is 12.2. The molecule has 3 aromatic rings. The second-order valence-electron chi connectivity index (χ2n) is 8.23. The molecule has 2 aromatic carbocycles. The lowest BCUT2D eigenvalue weighted by Crippen LogP contribution is -2.40. The average Bonchev–Trinajstić information content (AvgIpc) is 3.27. The minimum atomic E-state index is -0.103. The highest BCUT2D eigenvalue weighted by atomic mass is 32.1. The fourth-order valence-electron chi connectivity index (χ4n) is 3.92. The molecule has 2 N–H and O–H groups in total. The van der Waals surface area contributed by atoms with Gasteiger partial charge in [0, 0.05) is 37.8 Å². The molecule has 0 spiro atoms. The van der Waals surface area contributed by atoms with Crippen LogP contribution < -0.4 is 20.3 Å². The number of pyridine rings is 1. The maximum atomic E-state index is 13.0. The van der Waals surface area contributed by atoms with Gasteiger partial charge >= 0.3 is 0 Å². The van der Waals surface area contributed by atoms with Crippen LogP contribution >= 0.6 is 12.2 Å². The molecule has 4 rings (SSSR count). The minimum absolute atomic E-state index is 0.103. The smallest absolute Gasteiger partial charge is 0.253 e. The molecule has 33 heavy (non-hydrogen) atoms. The number of nitrogens with zero attached hydrogens (tertiary/aromatic N) is 1. The van der Waals surface area contributed by atoms with Crippen molar-refractivity contribution in [3.8, 4) is 11.5 Å². The van der Waals surface area contributed by atoms with Crippen LogP contribution in [0.4, 0.5) is 0 Å². The molecule has 0 unspecified atom stereocenters. The van der Waals surface area contributed by atoms with E-state index in [2.05, 4.69) is 23.3 Å². The molecule has 2 heterocycles. The molecule has 0 bridgehead atoms. The van der Waals surface area contributed by atoms with Gasteiger partial charge in [-0.25, -0.2) is 0 Å². The Hall–Kier alpha value is -3.10. The van der Waals surface area contributed by atoms with Crippen LogP contribution in [-0.4, -0.2) is 42.1 Å². The van der Waals surface area contributed by atoms with Crippen LogP contribution in [0.2, 0.25) is 0 Å². The van der Waals surface area contributed by atoms with E-state index >= 15 is 0 Å². The average molecular weight is 468 g/mol. The SMILES string of the molecule is COCCCNC(=S)N(Cc1ccc2c(c1)OCO2)Cc1cc2c(C)ccc(C)c2[nH]c1=O. The Morgan fingerprint density at radius 1 is 1.12 bits per heavy atom. The van der Waals surface area contributed by atoms with E-state index in [1.165, 1.54) is 0 Å². The number of ether oxygens (including phenoxy) is 3. The maximum Gasteiger partial charge on any atom is 0.253 e. The van der Waals surface area contributed by atoms with Crippen LogP contribution in [-0.2, 0) is 17.8 Å². The van der Waals surface area contributed by atoms with E-state index in [-0.39, 0.29) is 12.4 Å². The molecule has 174 valence electrons. The fraction of sp³-hybridized carbons (Fsp3) is 0.360.